The third-order valence-corrected chi connectivity index (χ3v) is 9.01. The van der Waals surface area contributed by atoms with Crippen molar-refractivity contribution in [3.05, 3.63) is 56.2 Å². The van der Waals surface area contributed by atoms with Gasteiger partial charge in [-0.2, -0.15) is 0 Å². The van der Waals surface area contributed by atoms with E-state index < -0.39 is 23.9 Å². The molecule has 0 bridgehead atoms. The molecule has 0 spiro atoms. The van der Waals surface area contributed by atoms with Crippen molar-refractivity contribution >= 4 is 23.0 Å². The molecule has 0 amide bonds. The first kappa shape index (κ1) is 24.6. The summed E-state index contributed by atoms with van der Waals surface area (Å²) in [6.07, 6.45) is 12.3. The van der Waals surface area contributed by atoms with Gasteiger partial charge >= 0.3 is 7.12 Å². The first-order valence-electron chi connectivity index (χ1n) is 12.6. The van der Waals surface area contributed by atoms with Crippen molar-refractivity contribution in [2.24, 2.45) is 5.92 Å². The van der Waals surface area contributed by atoms with Crippen molar-refractivity contribution in [3.8, 4) is 0 Å². The Labute approximate surface area is 211 Å². The number of hydrogen-bond donors (Lipinski definition) is 2. The Morgan fingerprint density at radius 2 is 1.68 bits per heavy atom. The van der Waals surface area contributed by atoms with Crippen LogP contribution >= 0.6 is 15.9 Å². The van der Waals surface area contributed by atoms with E-state index in [0.717, 1.165) is 29.4 Å². The van der Waals surface area contributed by atoms with Gasteiger partial charge in [0, 0.05) is 23.6 Å². The van der Waals surface area contributed by atoms with E-state index in [1.807, 2.05) is 0 Å². The standard InChI is InChI=1S/C27H36BBrO5/c1-25(2)26(3,4)34-28(33-25)24-20-9-5-8-17-14-18-15-19(29)16-21(23(18)22(17)20)27(32-24,10-6-12-30)11-7-13-31/h8,15-16,21,30-31H,5-7,9-14H2,1-4H3. The van der Waals surface area contributed by atoms with Gasteiger partial charge in [0.1, 0.15) is 11.3 Å². The molecule has 0 saturated carbocycles. The van der Waals surface area contributed by atoms with Crippen LogP contribution in [0.15, 0.2) is 56.2 Å². The van der Waals surface area contributed by atoms with Crippen LogP contribution in [0.25, 0.3) is 0 Å². The highest BCUT2D eigenvalue weighted by Gasteiger charge is 2.58. The van der Waals surface area contributed by atoms with Crippen LogP contribution in [0.4, 0.5) is 0 Å². The quantitative estimate of drug-likeness (QED) is 0.429. The molecule has 1 unspecified atom stereocenters. The monoisotopic (exact) mass is 530 g/mol. The smallest absolute Gasteiger partial charge is 0.494 e. The highest BCUT2D eigenvalue weighted by molar-refractivity contribution is 9.11. The Morgan fingerprint density at radius 3 is 2.29 bits per heavy atom. The fourth-order valence-corrected chi connectivity index (χ4v) is 6.69. The fraction of sp³-hybridized carbons (Fsp3) is 0.630. The summed E-state index contributed by atoms with van der Waals surface area (Å²) in [4.78, 5) is 0. The van der Waals surface area contributed by atoms with E-state index in [1.165, 1.54) is 27.9 Å². The molecule has 34 heavy (non-hydrogen) atoms. The number of rotatable bonds is 7. The van der Waals surface area contributed by atoms with Gasteiger partial charge in [0.25, 0.3) is 0 Å². The summed E-state index contributed by atoms with van der Waals surface area (Å²) in [5.74, 6) is 0.0221. The van der Waals surface area contributed by atoms with E-state index in [4.69, 9.17) is 14.0 Å². The van der Waals surface area contributed by atoms with Crippen LogP contribution in [0.1, 0.15) is 72.6 Å². The van der Waals surface area contributed by atoms with Gasteiger partial charge in [0.05, 0.1) is 11.2 Å². The molecule has 2 heterocycles. The van der Waals surface area contributed by atoms with Crippen LogP contribution in [0.5, 0.6) is 0 Å². The number of halogens is 1. The first-order valence-corrected chi connectivity index (χ1v) is 13.4. The molecular weight excluding hydrogens is 495 g/mol. The van der Waals surface area contributed by atoms with Crippen LogP contribution in [0.3, 0.4) is 0 Å². The van der Waals surface area contributed by atoms with E-state index in [0.29, 0.717) is 25.7 Å². The largest absolute Gasteiger partial charge is 0.532 e. The number of aliphatic hydroxyl groups is 2. The summed E-state index contributed by atoms with van der Waals surface area (Å²) in [6.45, 7) is 8.50. The van der Waals surface area contributed by atoms with E-state index in [1.54, 1.807) is 0 Å². The van der Waals surface area contributed by atoms with Crippen LogP contribution < -0.4 is 0 Å². The van der Waals surface area contributed by atoms with E-state index in [9.17, 15) is 10.2 Å². The zero-order valence-electron chi connectivity index (χ0n) is 20.7. The van der Waals surface area contributed by atoms with Gasteiger partial charge in [0.15, 0.2) is 0 Å². The average Bonchev–Trinajstić information content (AvgIpc) is 3.21. The minimum Gasteiger partial charge on any atom is -0.494 e. The number of hydrogen-bond acceptors (Lipinski definition) is 5. The molecule has 5 aliphatic rings. The maximum Gasteiger partial charge on any atom is 0.532 e. The normalized spacial score (nSPS) is 28.3. The van der Waals surface area contributed by atoms with Crippen molar-refractivity contribution in [3.63, 3.8) is 0 Å². The van der Waals surface area contributed by atoms with Gasteiger partial charge < -0.3 is 24.3 Å². The Kier molecular flexibility index (Phi) is 6.34. The van der Waals surface area contributed by atoms with Gasteiger partial charge in [-0.25, -0.2) is 0 Å². The van der Waals surface area contributed by atoms with E-state index in [2.05, 4.69) is 61.9 Å². The molecule has 5 rings (SSSR count). The maximum atomic E-state index is 9.81. The first-order chi connectivity index (χ1) is 16.1. The summed E-state index contributed by atoms with van der Waals surface area (Å²) in [7, 11) is -0.587. The lowest BCUT2D eigenvalue weighted by atomic mass is 9.72. The average molecular weight is 531 g/mol. The van der Waals surface area contributed by atoms with Crippen LogP contribution in [0.2, 0.25) is 0 Å². The van der Waals surface area contributed by atoms with Gasteiger partial charge in [-0.15, -0.1) is 0 Å². The third kappa shape index (κ3) is 3.83. The van der Waals surface area contributed by atoms with Crippen LogP contribution in [0, 0.1) is 5.92 Å². The minimum absolute atomic E-state index is 0.0221. The van der Waals surface area contributed by atoms with Crippen molar-refractivity contribution in [1.29, 1.82) is 0 Å². The molecule has 5 nitrogen and oxygen atoms in total. The third-order valence-electron chi connectivity index (χ3n) is 8.51. The number of aliphatic hydroxyl groups excluding tert-OH is 2. The van der Waals surface area contributed by atoms with Gasteiger partial charge in [-0.3, -0.25) is 0 Å². The van der Waals surface area contributed by atoms with Crippen LogP contribution in [-0.2, 0) is 14.0 Å². The number of allylic oxidation sites excluding steroid dienone is 7. The zero-order chi connectivity index (χ0) is 24.3. The van der Waals surface area contributed by atoms with Crippen molar-refractivity contribution in [2.45, 2.75) is 89.4 Å². The van der Waals surface area contributed by atoms with Crippen molar-refractivity contribution in [1.82, 2.24) is 0 Å². The summed E-state index contributed by atoms with van der Waals surface area (Å²) >= 11 is 3.77. The topological polar surface area (TPSA) is 68.2 Å². The van der Waals surface area contributed by atoms with E-state index >= 15 is 0 Å². The Bertz CT molecular complexity index is 1010. The maximum absolute atomic E-state index is 9.81. The van der Waals surface area contributed by atoms with Gasteiger partial charge in [0.2, 0.25) is 0 Å². The second-order valence-corrected chi connectivity index (χ2v) is 12.1. The molecule has 3 aliphatic carbocycles. The highest BCUT2D eigenvalue weighted by atomic mass is 79.9. The molecule has 184 valence electrons. The Morgan fingerprint density at radius 1 is 1.03 bits per heavy atom. The summed E-state index contributed by atoms with van der Waals surface area (Å²) in [5.41, 5.74) is 5.85. The van der Waals surface area contributed by atoms with Gasteiger partial charge in [-0.05, 0) is 107 Å². The minimum atomic E-state index is -0.606. The number of ether oxygens (including phenoxy) is 1. The molecule has 1 atom stereocenters. The summed E-state index contributed by atoms with van der Waals surface area (Å²) in [6, 6.07) is 0. The molecule has 0 aromatic heterocycles. The molecule has 7 heteroatoms. The van der Waals surface area contributed by atoms with Gasteiger partial charge in [-0.1, -0.05) is 28.1 Å². The second kappa shape index (κ2) is 8.77. The molecule has 0 radical (unpaired) electrons. The molecule has 2 N–H and O–H groups in total. The predicted molar refractivity (Wildman–Crippen MR) is 137 cm³/mol. The fourth-order valence-electron chi connectivity index (χ4n) is 6.15. The summed E-state index contributed by atoms with van der Waals surface area (Å²) in [5, 5.41) is 19.6. The Balaban J connectivity index is 1.72. The van der Waals surface area contributed by atoms with E-state index in [-0.39, 0.29) is 19.1 Å². The lowest BCUT2D eigenvalue weighted by Gasteiger charge is -2.42. The van der Waals surface area contributed by atoms with Crippen molar-refractivity contribution in [2.75, 3.05) is 13.2 Å². The zero-order valence-corrected chi connectivity index (χ0v) is 22.3. The molecular formula is C27H36BBrO5. The lowest BCUT2D eigenvalue weighted by Crippen LogP contribution is -2.44. The second-order valence-electron chi connectivity index (χ2n) is 11.2. The predicted octanol–water partition coefficient (Wildman–Crippen LogP) is 5.44. The molecule has 2 aliphatic heterocycles. The Hall–Kier alpha value is -1.12. The molecule has 1 saturated heterocycles. The molecule has 0 aromatic carbocycles. The summed E-state index contributed by atoms with van der Waals surface area (Å²) < 4.78 is 21.3. The highest BCUT2D eigenvalue weighted by Crippen LogP contribution is 2.58. The lowest BCUT2D eigenvalue weighted by molar-refractivity contribution is -0.0394. The SMILES string of the molecule is CC1(C)OB(C2=C3CCC=C4CC5=CC(Br)=CC(C5=C43)C(CCCO)(CCCO)O2)OC1(C)C. The molecule has 1 fully saturated rings. The van der Waals surface area contributed by atoms with Crippen LogP contribution in [-0.4, -0.2) is 47.3 Å². The molecule has 0 aromatic rings. The van der Waals surface area contributed by atoms with Crippen molar-refractivity contribution < 1.29 is 24.3 Å².